The van der Waals surface area contributed by atoms with E-state index < -0.39 is 5.60 Å². The van der Waals surface area contributed by atoms with E-state index in [9.17, 15) is 4.79 Å². The first-order valence-corrected chi connectivity index (χ1v) is 9.57. The van der Waals surface area contributed by atoms with E-state index in [0.717, 1.165) is 38.1 Å². The van der Waals surface area contributed by atoms with Gasteiger partial charge in [-0.15, -0.1) is 0 Å². The number of ether oxygens (including phenoxy) is 1. The third-order valence-electron chi connectivity index (χ3n) is 4.68. The molecule has 1 amide bonds. The van der Waals surface area contributed by atoms with Crippen molar-refractivity contribution in [3.63, 3.8) is 0 Å². The number of fused-ring (bicyclic) bond motifs is 1. The Morgan fingerprint density at radius 1 is 1.35 bits per heavy atom. The first kappa shape index (κ1) is 18.7. The Morgan fingerprint density at radius 2 is 2.04 bits per heavy atom. The van der Waals surface area contributed by atoms with Crippen LogP contribution in [0.2, 0.25) is 0 Å². The van der Waals surface area contributed by atoms with Crippen LogP contribution in [-0.4, -0.2) is 39.2 Å². The number of likely N-dealkylation sites (tertiary alicyclic amines) is 1. The number of amides is 1. The molecule has 0 N–H and O–H groups in total. The lowest BCUT2D eigenvalue weighted by Crippen LogP contribution is -2.42. The minimum Gasteiger partial charge on any atom is -0.444 e. The molecule has 1 fully saturated rings. The number of rotatable bonds is 3. The highest BCUT2D eigenvalue weighted by molar-refractivity contribution is 5.69. The Morgan fingerprint density at radius 3 is 2.65 bits per heavy atom. The van der Waals surface area contributed by atoms with Crippen molar-refractivity contribution in [1.29, 1.82) is 0 Å². The van der Waals surface area contributed by atoms with Crippen molar-refractivity contribution in [2.45, 2.75) is 65.6 Å². The van der Waals surface area contributed by atoms with Crippen molar-refractivity contribution in [2.24, 2.45) is 5.92 Å². The summed E-state index contributed by atoms with van der Waals surface area (Å²) in [7, 11) is 0. The molecule has 0 bridgehead atoms. The molecule has 0 aromatic carbocycles. The maximum absolute atomic E-state index is 12.2. The minimum atomic E-state index is -0.446. The van der Waals surface area contributed by atoms with Crippen LogP contribution < -0.4 is 4.57 Å². The van der Waals surface area contributed by atoms with Crippen LogP contribution in [0.25, 0.3) is 11.2 Å². The lowest BCUT2D eigenvalue weighted by atomic mass is 10.1. The summed E-state index contributed by atoms with van der Waals surface area (Å²) < 4.78 is 10.00. The van der Waals surface area contributed by atoms with Crippen molar-refractivity contribution in [3.05, 3.63) is 24.7 Å². The highest BCUT2D eigenvalue weighted by Gasteiger charge is 2.29. The number of hydrogen-bond acceptors (Lipinski definition) is 3. The van der Waals surface area contributed by atoms with Crippen LogP contribution >= 0.6 is 0 Å². The summed E-state index contributed by atoms with van der Waals surface area (Å²) in [6, 6.07) is 4.60. The van der Waals surface area contributed by atoms with Gasteiger partial charge in [0, 0.05) is 19.1 Å². The Kier molecular flexibility index (Phi) is 5.21. The molecule has 1 saturated heterocycles. The minimum absolute atomic E-state index is 0.207. The van der Waals surface area contributed by atoms with Crippen LogP contribution in [0.4, 0.5) is 4.79 Å². The second-order valence-corrected chi connectivity index (χ2v) is 8.61. The standard InChI is InChI=1S/C20H31N4O2/c1-15(2)13-23-10-6-7-17-18(23)21-14-24(17)16-8-11-22(12-9-16)19(25)26-20(3,4)5/h6-7,10,14-16H,8-9,11-13H2,1-5H3/q+1. The van der Waals surface area contributed by atoms with Crippen LogP contribution in [0.3, 0.4) is 0 Å². The van der Waals surface area contributed by atoms with Gasteiger partial charge in [0.25, 0.3) is 0 Å². The maximum atomic E-state index is 12.2. The molecule has 26 heavy (non-hydrogen) atoms. The fourth-order valence-electron chi connectivity index (χ4n) is 3.54. The zero-order chi connectivity index (χ0) is 18.9. The number of imidazole rings is 1. The van der Waals surface area contributed by atoms with E-state index in [1.165, 1.54) is 5.52 Å². The van der Waals surface area contributed by atoms with Crippen LogP contribution in [-0.2, 0) is 11.3 Å². The lowest BCUT2D eigenvalue weighted by Gasteiger charge is -2.33. The second-order valence-electron chi connectivity index (χ2n) is 8.61. The quantitative estimate of drug-likeness (QED) is 0.788. The Balaban J connectivity index is 1.71. The van der Waals surface area contributed by atoms with Crippen molar-refractivity contribution in [1.82, 2.24) is 14.5 Å². The molecule has 0 saturated carbocycles. The van der Waals surface area contributed by atoms with Crippen molar-refractivity contribution < 1.29 is 14.1 Å². The zero-order valence-corrected chi connectivity index (χ0v) is 16.6. The molecule has 3 rings (SSSR count). The number of aromatic nitrogens is 3. The third-order valence-corrected chi connectivity index (χ3v) is 4.68. The maximum Gasteiger partial charge on any atom is 0.410 e. The van der Waals surface area contributed by atoms with Crippen molar-refractivity contribution >= 4 is 17.3 Å². The average molecular weight is 359 g/mol. The first-order chi connectivity index (χ1) is 12.2. The number of piperidine rings is 1. The van der Waals surface area contributed by atoms with E-state index in [2.05, 4.69) is 46.3 Å². The monoisotopic (exact) mass is 359 g/mol. The highest BCUT2D eigenvalue weighted by Crippen LogP contribution is 2.26. The van der Waals surface area contributed by atoms with Crippen LogP contribution in [0.15, 0.2) is 24.7 Å². The summed E-state index contributed by atoms with van der Waals surface area (Å²) in [5, 5.41) is 0. The molecular formula is C20H31N4O2+. The van der Waals surface area contributed by atoms with E-state index in [-0.39, 0.29) is 6.09 Å². The topological polar surface area (TPSA) is 51.2 Å². The normalized spacial score (nSPS) is 16.5. The summed E-state index contributed by atoms with van der Waals surface area (Å²) in [4.78, 5) is 18.7. The molecule has 142 valence electrons. The van der Waals surface area contributed by atoms with Crippen molar-refractivity contribution in [3.8, 4) is 0 Å². The van der Waals surface area contributed by atoms with E-state index in [4.69, 9.17) is 4.74 Å². The van der Waals surface area contributed by atoms with E-state index in [0.29, 0.717) is 12.0 Å². The molecule has 6 nitrogen and oxygen atoms in total. The molecule has 3 heterocycles. The second kappa shape index (κ2) is 7.25. The van der Waals surface area contributed by atoms with Gasteiger partial charge in [0.2, 0.25) is 6.33 Å². The summed E-state index contributed by atoms with van der Waals surface area (Å²) in [6.07, 6.45) is 5.69. The van der Waals surface area contributed by atoms with Gasteiger partial charge in [-0.25, -0.2) is 9.36 Å². The highest BCUT2D eigenvalue weighted by atomic mass is 16.6. The molecule has 0 spiro atoms. The largest absolute Gasteiger partial charge is 0.444 e. The predicted octanol–water partition coefficient (Wildman–Crippen LogP) is 3.55. The molecule has 1 aliphatic rings. The molecule has 2 aromatic rings. The van der Waals surface area contributed by atoms with Gasteiger partial charge in [-0.1, -0.05) is 13.8 Å². The van der Waals surface area contributed by atoms with Gasteiger partial charge in [0.05, 0.1) is 12.7 Å². The fraction of sp³-hybridized carbons (Fsp3) is 0.650. The average Bonchev–Trinajstić information content (AvgIpc) is 2.98. The first-order valence-electron chi connectivity index (χ1n) is 9.57. The Bertz CT molecular complexity index is 768. The van der Waals surface area contributed by atoms with Crippen molar-refractivity contribution in [2.75, 3.05) is 13.1 Å². The molecule has 0 radical (unpaired) electrons. The van der Waals surface area contributed by atoms with Gasteiger partial charge >= 0.3 is 11.7 Å². The van der Waals surface area contributed by atoms with E-state index in [1.807, 2.05) is 32.0 Å². The molecule has 0 atom stereocenters. The number of pyridine rings is 1. The van der Waals surface area contributed by atoms with Gasteiger partial charge in [-0.05, 0) is 56.6 Å². The summed E-state index contributed by atoms with van der Waals surface area (Å²) in [6.45, 7) is 12.6. The van der Waals surface area contributed by atoms with Gasteiger partial charge in [-0.3, -0.25) is 0 Å². The third kappa shape index (κ3) is 4.17. The van der Waals surface area contributed by atoms with Crippen LogP contribution in [0, 0.1) is 5.92 Å². The number of carbonyl (C=O) groups excluding carboxylic acids is 1. The molecular weight excluding hydrogens is 328 g/mol. The molecule has 1 aliphatic heterocycles. The lowest BCUT2D eigenvalue weighted by molar-refractivity contribution is -0.678. The van der Waals surface area contributed by atoms with Crippen LogP contribution in [0.5, 0.6) is 0 Å². The SMILES string of the molecule is CC(C)C[n+]1cccc2c1ncn2C1CCN(C(=O)OC(C)(C)C)CC1. The summed E-state index contributed by atoms with van der Waals surface area (Å²) in [5.74, 6) is 0.577. The van der Waals surface area contributed by atoms with E-state index in [1.54, 1.807) is 0 Å². The number of carbonyl (C=O) groups is 1. The van der Waals surface area contributed by atoms with Gasteiger partial charge in [0.1, 0.15) is 11.1 Å². The van der Waals surface area contributed by atoms with Gasteiger partial charge in [-0.2, -0.15) is 0 Å². The Hall–Kier alpha value is -2.11. The smallest absolute Gasteiger partial charge is 0.410 e. The Labute approximate surface area is 155 Å². The number of nitrogens with zero attached hydrogens (tertiary/aromatic N) is 4. The zero-order valence-electron chi connectivity index (χ0n) is 16.6. The van der Waals surface area contributed by atoms with Gasteiger partial charge < -0.3 is 14.2 Å². The molecule has 0 aliphatic carbocycles. The van der Waals surface area contributed by atoms with Crippen LogP contribution in [0.1, 0.15) is 53.5 Å². The molecule has 0 unspecified atom stereocenters. The summed E-state index contributed by atoms with van der Waals surface area (Å²) in [5.41, 5.74) is 1.76. The summed E-state index contributed by atoms with van der Waals surface area (Å²) >= 11 is 0. The fourth-order valence-corrected chi connectivity index (χ4v) is 3.54. The number of hydrogen-bond donors (Lipinski definition) is 0. The predicted molar refractivity (Wildman–Crippen MR) is 101 cm³/mol. The van der Waals surface area contributed by atoms with Gasteiger partial charge in [0.15, 0.2) is 0 Å². The molecule has 6 heteroatoms. The molecule has 2 aromatic heterocycles. The van der Waals surface area contributed by atoms with E-state index >= 15 is 0 Å².